The van der Waals surface area contributed by atoms with Gasteiger partial charge in [-0.05, 0) is 37.5 Å². The van der Waals surface area contributed by atoms with Crippen molar-refractivity contribution >= 4 is 11.8 Å². The monoisotopic (exact) mass is 445 g/mol. The maximum absolute atomic E-state index is 12.9. The lowest BCUT2D eigenvalue weighted by atomic mass is 9.96. The van der Waals surface area contributed by atoms with Gasteiger partial charge in [-0.15, -0.1) is 0 Å². The van der Waals surface area contributed by atoms with E-state index in [1.165, 1.54) is 0 Å². The average Bonchev–Trinajstić information content (AvgIpc) is 3.51. The fraction of sp³-hybridized carbons (Fsp3) is 0.800. The second-order valence-corrected chi connectivity index (χ2v) is 10.5. The molecule has 0 bridgehead atoms. The van der Waals surface area contributed by atoms with E-state index in [1.807, 2.05) is 24.9 Å². The molecular formula is C25H43N5O2. The maximum Gasteiger partial charge on any atom is 0.226 e. The molecule has 2 aliphatic rings. The minimum absolute atomic E-state index is 0.0298. The Bertz CT molecular complexity index is 774. The van der Waals surface area contributed by atoms with Crippen molar-refractivity contribution in [1.29, 1.82) is 0 Å². The molecule has 1 aromatic heterocycles. The van der Waals surface area contributed by atoms with Crippen LogP contribution in [0, 0.1) is 23.7 Å². The van der Waals surface area contributed by atoms with Gasteiger partial charge in [0.1, 0.15) is 5.82 Å². The Morgan fingerprint density at radius 2 is 1.59 bits per heavy atom. The van der Waals surface area contributed by atoms with Gasteiger partial charge in [0.25, 0.3) is 0 Å². The van der Waals surface area contributed by atoms with Gasteiger partial charge >= 0.3 is 0 Å². The van der Waals surface area contributed by atoms with E-state index in [0.29, 0.717) is 18.4 Å². The molecule has 0 unspecified atom stereocenters. The zero-order valence-electron chi connectivity index (χ0n) is 20.9. The van der Waals surface area contributed by atoms with Gasteiger partial charge in [0.05, 0.1) is 11.7 Å². The maximum atomic E-state index is 12.9. The number of nitrogens with one attached hydrogen (secondary N) is 2. The van der Waals surface area contributed by atoms with E-state index in [-0.39, 0.29) is 35.7 Å². The van der Waals surface area contributed by atoms with E-state index < -0.39 is 0 Å². The number of likely N-dealkylation sites (tertiary alicyclic amines) is 2. The first-order chi connectivity index (χ1) is 15.2. The quantitative estimate of drug-likeness (QED) is 0.607. The van der Waals surface area contributed by atoms with Gasteiger partial charge in [-0.1, -0.05) is 41.5 Å². The normalized spacial score (nSPS) is 23.4. The standard InChI is InChI=1S/C25H43N5O2/c1-16(2)18(5)24(31)29-11-7-9-21(29)15-26-13-20-14-27-23(28-20)22-10-8-12-30(22)25(32)19(6)17(3)4/h14,16-19,21-22,26H,7-13,15H2,1-6H3,(H,27,28)/t18-,19-,21-,22-/m0/s1. The number of aromatic amines is 1. The summed E-state index contributed by atoms with van der Waals surface area (Å²) < 4.78 is 0. The minimum atomic E-state index is 0.0298. The molecule has 3 heterocycles. The molecule has 2 saturated heterocycles. The van der Waals surface area contributed by atoms with Crippen LogP contribution >= 0.6 is 0 Å². The van der Waals surface area contributed by atoms with Gasteiger partial charge in [0, 0.05) is 50.3 Å². The number of nitrogens with zero attached hydrogens (tertiary/aromatic N) is 3. The summed E-state index contributed by atoms with van der Waals surface area (Å²) in [5, 5.41) is 3.51. The lowest BCUT2D eigenvalue weighted by Crippen LogP contribution is -2.44. The van der Waals surface area contributed by atoms with Gasteiger partial charge in [-0.3, -0.25) is 9.59 Å². The van der Waals surface area contributed by atoms with Crippen LogP contribution in [-0.4, -0.2) is 57.3 Å². The second-order valence-electron chi connectivity index (χ2n) is 10.5. The van der Waals surface area contributed by atoms with E-state index in [4.69, 9.17) is 4.98 Å². The third-order valence-corrected chi connectivity index (χ3v) is 7.63. The highest BCUT2D eigenvalue weighted by molar-refractivity contribution is 5.79. The van der Waals surface area contributed by atoms with Crippen LogP contribution in [0.5, 0.6) is 0 Å². The Labute approximate surface area is 193 Å². The van der Waals surface area contributed by atoms with Crippen molar-refractivity contribution in [3.63, 3.8) is 0 Å². The zero-order valence-corrected chi connectivity index (χ0v) is 20.9. The van der Waals surface area contributed by atoms with E-state index in [0.717, 1.165) is 56.8 Å². The van der Waals surface area contributed by atoms with Crippen LogP contribution in [-0.2, 0) is 16.1 Å². The van der Waals surface area contributed by atoms with E-state index >= 15 is 0 Å². The molecule has 1 aromatic rings. The predicted octanol–water partition coefficient (Wildman–Crippen LogP) is 3.74. The molecule has 4 atom stereocenters. The summed E-state index contributed by atoms with van der Waals surface area (Å²) >= 11 is 0. The summed E-state index contributed by atoms with van der Waals surface area (Å²) in [6.45, 7) is 15.6. The molecule has 32 heavy (non-hydrogen) atoms. The minimum Gasteiger partial charge on any atom is -0.347 e. The van der Waals surface area contributed by atoms with Crippen LogP contribution in [0.3, 0.4) is 0 Å². The van der Waals surface area contributed by atoms with Crippen molar-refractivity contribution in [3.05, 3.63) is 17.7 Å². The van der Waals surface area contributed by atoms with E-state index in [1.54, 1.807) is 0 Å². The molecule has 2 N–H and O–H groups in total. The average molecular weight is 446 g/mol. The van der Waals surface area contributed by atoms with Gasteiger partial charge in [0.15, 0.2) is 0 Å². The molecule has 0 aliphatic carbocycles. The van der Waals surface area contributed by atoms with Gasteiger partial charge < -0.3 is 20.1 Å². The number of H-pyrrole nitrogens is 1. The van der Waals surface area contributed by atoms with E-state index in [2.05, 4.69) is 42.9 Å². The summed E-state index contributed by atoms with van der Waals surface area (Å²) in [6.07, 6.45) is 6.08. The molecule has 0 saturated carbocycles. The Morgan fingerprint density at radius 3 is 2.25 bits per heavy atom. The van der Waals surface area contributed by atoms with Gasteiger partial charge in [-0.2, -0.15) is 0 Å². The molecule has 180 valence electrons. The van der Waals surface area contributed by atoms with Crippen LogP contribution < -0.4 is 5.32 Å². The number of hydrogen-bond acceptors (Lipinski definition) is 4. The topological polar surface area (TPSA) is 81.3 Å². The summed E-state index contributed by atoms with van der Waals surface area (Å²) in [6, 6.07) is 0.320. The van der Waals surface area contributed by atoms with Crippen molar-refractivity contribution in [3.8, 4) is 0 Å². The number of carbonyl (C=O) groups excluding carboxylic acids is 2. The molecule has 2 fully saturated rings. The van der Waals surface area contributed by atoms with Crippen LogP contribution in [0.15, 0.2) is 6.20 Å². The van der Waals surface area contributed by atoms with Crippen molar-refractivity contribution in [2.45, 2.75) is 85.9 Å². The number of carbonyl (C=O) groups is 2. The zero-order chi connectivity index (χ0) is 23.4. The first kappa shape index (κ1) is 24.7. The summed E-state index contributed by atoms with van der Waals surface area (Å²) in [4.78, 5) is 37.9. The number of imidazole rings is 1. The van der Waals surface area contributed by atoms with Gasteiger partial charge in [0.2, 0.25) is 11.8 Å². The van der Waals surface area contributed by atoms with Crippen molar-refractivity contribution in [1.82, 2.24) is 25.1 Å². The largest absolute Gasteiger partial charge is 0.347 e. The summed E-state index contributed by atoms with van der Waals surface area (Å²) in [5.41, 5.74) is 0.961. The molecule has 0 aromatic carbocycles. The number of hydrogen-bond donors (Lipinski definition) is 2. The van der Waals surface area contributed by atoms with Crippen LogP contribution in [0.1, 0.15) is 84.8 Å². The first-order valence-corrected chi connectivity index (χ1v) is 12.6. The number of rotatable bonds is 9. The first-order valence-electron chi connectivity index (χ1n) is 12.6. The number of aromatic nitrogens is 2. The van der Waals surface area contributed by atoms with Gasteiger partial charge in [-0.25, -0.2) is 4.98 Å². The molecule has 0 spiro atoms. The molecule has 2 aliphatic heterocycles. The molecule has 0 radical (unpaired) electrons. The fourth-order valence-electron chi connectivity index (χ4n) is 4.75. The van der Waals surface area contributed by atoms with Crippen LogP contribution in [0.2, 0.25) is 0 Å². The highest BCUT2D eigenvalue weighted by atomic mass is 16.2. The number of amides is 2. The van der Waals surface area contributed by atoms with Crippen molar-refractivity contribution in [2.24, 2.45) is 23.7 Å². The Hall–Kier alpha value is -1.89. The van der Waals surface area contributed by atoms with Crippen molar-refractivity contribution in [2.75, 3.05) is 19.6 Å². The Morgan fingerprint density at radius 1 is 1.00 bits per heavy atom. The third-order valence-electron chi connectivity index (χ3n) is 7.63. The van der Waals surface area contributed by atoms with Crippen molar-refractivity contribution < 1.29 is 9.59 Å². The molecule has 7 nitrogen and oxygen atoms in total. The fourth-order valence-corrected chi connectivity index (χ4v) is 4.75. The molecular weight excluding hydrogens is 402 g/mol. The van der Waals surface area contributed by atoms with Crippen LogP contribution in [0.4, 0.5) is 0 Å². The lowest BCUT2D eigenvalue weighted by Gasteiger charge is -2.29. The highest BCUT2D eigenvalue weighted by Crippen LogP contribution is 2.32. The summed E-state index contributed by atoms with van der Waals surface area (Å²) in [5.74, 6) is 2.22. The van der Waals surface area contributed by atoms with E-state index in [9.17, 15) is 9.59 Å². The third kappa shape index (κ3) is 5.53. The second kappa shape index (κ2) is 10.8. The van der Waals surface area contributed by atoms with Crippen LogP contribution in [0.25, 0.3) is 0 Å². The lowest BCUT2D eigenvalue weighted by molar-refractivity contribution is -0.138. The smallest absolute Gasteiger partial charge is 0.226 e. The highest BCUT2D eigenvalue weighted by Gasteiger charge is 2.35. The summed E-state index contributed by atoms with van der Waals surface area (Å²) in [7, 11) is 0. The molecule has 2 amide bonds. The Kier molecular flexibility index (Phi) is 8.37. The SMILES string of the molecule is CC(C)[C@H](C)C(=O)N1CCC[C@H]1CNCc1c[nH]c([C@@H]2CCCN2C(=O)[C@@H](C)C(C)C)n1. The molecule has 3 rings (SSSR count). The molecule has 7 heteroatoms. The Balaban J connectivity index is 1.53. The predicted molar refractivity (Wildman–Crippen MR) is 127 cm³/mol.